The first-order chi connectivity index (χ1) is 12.2. The van der Waals surface area contributed by atoms with Crippen LogP contribution in [0, 0.1) is 17.8 Å². The van der Waals surface area contributed by atoms with Crippen LogP contribution in [0.3, 0.4) is 0 Å². The van der Waals surface area contributed by atoms with Crippen molar-refractivity contribution in [2.45, 2.75) is 91.9 Å². The summed E-state index contributed by atoms with van der Waals surface area (Å²) in [5.74, 6) is 2.14. The Hall–Kier alpha value is -0.340. The Bertz CT molecular complexity index is 277. The van der Waals surface area contributed by atoms with Crippen molar-refractivity contribution in [1.82, 2.24) is 0 Å². The molecular weight excluding hydrogens is 308 g/mol. The summed E-state index contributed by atoms with van der Waals surface area (Å²) in [7, 11) is 0. The molecule has 0 rings (SSSR count). The van der Waals surface area contributed by atoms with Gasteiger partial charge >= 0.3 is 0 Å². The zero-order valence-electron chi connectivity index (χ0n) is 17.7. The molecule has 2 nitrogen and oxygen atoms in total. The summed E-state index contributed by atoms with van der Waals surface area (Å²) in [5.41, 5.74) is 0. The summed E-state index contributed by atoms with van der Waals surface area (Å²) in [6.07, 6.45) is 15.1. The zero-order chi connectivity index (χ0) is 18.8. The molecule has 25 heavy (non-hydrogen) atoms. The highest BCUT2D eigenvalue weighted by Crippen LogP contribution is 2.27. The highest BCUT2D eigenvalue weighted by Gasteiger charge is 2.19. The highest BCUT2D eigenvalue weighted by molar-refractivity contribution is 4.71. The van der Waals surface area contributed by atoms with Gasteiger partial charge in [0.05, 0.1) is 13.2 Å². The maximum Gasteiger partial charge on any atom is 0.0644 e. The van der Waals surface area contributed by atoms with Gasteiger partial charge in [-0.3, -0.25) is 0 Å². The van der Waals surface area contributed by atoms with Crippen LogP contribution in [0.15, 0.2) is 12.7 Å². The Morgan fingerprint density at radius 3 is 2.08 bits per heavy atom. The molecule has 0 spiro atoms. The Morgan fingerprint density at radius 2 is 1.48 bits per heavy atom. The minimum atomic E-state index is 0.673. The first-order valence-electron chi connectivity index (χ1n) is 11.0. The van der Waals surface area contributed by atoms with Crippen LogP contribution >= 0.6 is 0 Å². The molecular formula is C23H46O2. The third-order valence-electron chi connectivity index (χ3n) is 5.35. The lowest BCUT2D eigenvalue weighted by molar-refractivity contribution is 0.0733. The van der Waals surface area contributed by atoms with Crippen LogP contribution < -0.4 is 0 Å². The van der Waals surface area contributed by atoms with Gasteiger partial charge in [-0.05, 0) is 43.9 Å². The summed E-state index contributed by atoms with van der Waals surface area (Å²) in [5, 5.41) is 0. The molecule has 0 aromatic carbocycles. The van der Waals surface area contributed by atoms with Crippen molar-refractivity contribution in [2.24, 2.45) is 17.8 Å². The summed E-state index contributed by atoms with van der Waals surface area (Å²) in [6, 6.07) is 0. The van der Waals surface area contributed by atoms with Gasteiger partial charge < -0.3 is 9.47 Å². The van der Waals surface area contributed by atoms with Crippen molar-refractivity contribution < 1.29 is 9.47 Å². The van der Waals surface area contributed by atoms with E-state index in [1.165, 1.54) is 64.2 Å². The third-order valence-corrected chi connectivity index (χ3v) is 5.35. The second-order valence-corrected chi connectivity index (χ2v) is 7.66. The quantitative estimate of drug-likeness (QED) is 0.183. The smallest absolute Gasteiger partial charge is 0.0644 e. The molecule has 0 N–H and O–H groups in total. The fourth-order valence-electron chi connectivity index (χ4n) is 3.52. The van der Waals surface area contributed by atoms with Crippen molar-refractivity contribution >= 4 is 0 Å². The van der Waals surface area contributed by atoms with Crippen LogP contribution in [0.25, 0.3) is 0 Å². The van der Waals surface area contributed by atoms with Crippen molar-refractivity contribution in [3.05, 3.63) is 12.7 Å². The molecule has 0 bridgehead atoms. The van der Waals surface area contributed by atoms with E-state index in [0.717, 1.165) is 31.7 Å². The van der Waals surface area contributed by atoms with Crippen LogP contribution in [0.4, 0.5) is 0 Å². The molecule has 0 heterocycles. The molecule has 0 aliphatic rings. The van der Waals surface area contributed by atoms with E-state index in [9.17, 15) is 0 Å². The lowest BCUT2D eigenvalue weighted by Crippen LogP contribution is -2.21. The molecule has 0 aliphatic carbocycles. The first kappa shape index (κ1) is 24.7. The van der Waals surface area contributed by atoms with E-state index < -0.39 is 0 Å². The van der Waals surface area contributed by atoms with E-state index >= 15 is 0 Å². The molecule has 0 aromatic heterocycles. The summed E-state index contributed by atoms with van der Waals surface area (Å²) in [4.78, 5) is 0. The van der Waals surface area contributed by atoms with Gasteiger partial charge in [0.25, 0.3) is 0 Å². The molecule has 0 aliphatic heterocycles. The highest BCUT2D eigenvalue weighted by atomic mass is 16.5. The maximum absolute atomic E-state index is 5.84. The Morgan fingerprint density at radius 1 is 0.800 bits per heavy atom. The van der Waals surface area contributed by atoms with E-state index in [2.05, 4.69) is 34.3 Å². The minimum Gasteiger partial charge on any atom is -0.381 e. The first-order valence-corrected chi connectivity index (χ1v) is 11.0. The number of unbranched alkanes of at least 4 members (excludes halogenated alkanes) is 4. The largest absolute Gasteiger partial charge is 0.381 e. The summed E-state index contributed by atoms with van der Waals surface area (Å²) in [6.45, 7) is 16.2. The van der Waals surface area contributed by atoms with Gasteiger partial charge in [-0.2, -0.15) is 0 Å². The van der Waals surface area contributed by atoms with Crippen molar-refractivity contribution in [2.75, 3.05) is 26.4 Å². The molecule has 0 fully saturated rings. The molecule has 0 amide bonds. The van der Waals surface area contributed by atoms with E-state index in [4.69, 9.17) is 9.47 Å². The molecule has 3 atom stereocenters. The Kier molecular flexibility index (Phi) is 18.2. The lowest BCUT2D eigenvalue weighted by atomic mass is 9.83. The van der Waals surface area contributed by atoms with Crippen molar-refractivity contribution in [1.29, 1.82) is 0 Å². The van der Waals surface area contributed by atoms with Gasteiger partial charge in [-0.25, -0.2) is 0 Å². The summed E-state index contributed by atoms with van der Waals surface area (Å²) < 4.78 is 11.6. The molecule has 2 heteroatoms. The molecule has 0 aromatic rings. The normalized spacial score (nSPS) is 15.0. The van der Waals surface area contributed by atoms with Gasteiger partial charge in [-0.15, -0.1) is 6.58 Å². The van der Waals surface area contributed by atoms with Crippen LogP contribution in [-0.2, 0) is 9.47 Å². The number of hydrogen-bond donors (Lipinski definition) is 0. The average molecular weight is 355 g/mol. The average Bonchev–Trinajstić information content (AvgIpc) is 2.62. The van der Waals surface area contributed by atoms with Crippen molar-refractivity contribution in [3.63, 3.8) is 0 Å². The zero-order valence-corrected chi connectivity index (χ0v) is 17.7. The monoisotopic (exact) mass is 354 g/mol. The number of rotatable bonds is 19. The topological polar surface area (TPSA) is 18.5 Å². The van der Waals surface area contributed by atoms with Crippen LogP contribution in [0.2, 0.25) is 0 Å². The second-order valence-electron chi connectivity index (χ2n) is 7.66. The lowest BCUT2D eigenvalue weighted by Gasteiger charge is -2.26. The van der Waals surface area contributed by atoms with Gasteiger partial charge in [-0.1, -0.05) is 71.8 Å². The van der Waals surface area contributed by atoms with Gasteiger partial charge in [0, 0.05) is 13.2 Å². The van der Waals surface area contributed by atoms with Gasteiger partial charge in [0.1, 0.15) is 0 Å². The minimum absolute atomic E-state index is 0.673. The molecule has 3 unspecified atom stereocenters. The molecule has 150 valence electrons. The second kappa shape index (κ2) is 18.5. The predicted octanol–water partition coefficient (Wildman–Crippen LogP) is 7.03. The molecule has 0 saturated carbocycles. The van der Waals surface area contributed by atoms with E-state index in [0.29, 0.717) is 12.5 Å². The Balaban J connectivity index is 4.44. The van der Waals surface area contributed by atoms with Gasteiger partial charge in [0.2, 0.25) is 0 Å². The fraction of sp³-hybridized carbons (Fsp3) is 0.913. The number of ether oxygens (including phenoxy) is 2. The van der Waals surface area contributed by atoms with E-state index in [1.54, 1.807) is 0 Å². The Labute approximate surface area is 158 Å². The van der Waals surface area contributed by atoms with Crippen LogP contribution in [-0.4, -0.2) is 26.4 Å². The standard InChI is InChI=1S/C23H46O2/c1-6-10-12-14-21(5)23(20-25-18-8-3)17-16-22(19-24-9-4)15-13-11-7-2/h8,21-23H,3,6-7,9-20H2,1-2,4-5H3. The maximum atomic E-state index is 5.84. The van der Waals surface area contributed by atoms with Crippen LogP contribution in [0.1, 0.15) is 91.9 Å². The SMILES string of the molecule is C=CCOCC(CCC(CCCCC)COCC)C(C)CCCCC. The number of hydrogen-bond acceptors (Lipinski definition) is 2. The predicted molar refractivity (Wildman–Crippen MR) is 111 cm³/mol. The van der Waals surface area contributed by atoms with Gasteiger partial charge in [0.15, 0.2) is 0 Å². The van der Waals surface area contributed by atoms with Crippen molar-refractivity contribution in [3.8, 4) is 0 Å². The van der Waals surface area contributed by atoms with E-state index in [-0.39, 0.29) is 0 Å². The summed E-state index contributed by atoms with van der Waals surface area (Å²) >= 11 is 0. The van der Waals surface area contributed by atoms with Crippen LogP contribution in [0.5, 0.6) is 0 Å². The fourth-order valence-corrected chi connectivity index (χ4v) is 3.52. The van der Waals surface area contributed by atoms with E-state index in [1.807, 2.05) is 6.08 Å². The third kappa shape index (κ3) is 14.5. The molecule has 0 saturated heterocycles. The molecule has 0 radical (unpaired) electrons.